The number of hydrogen-bond donors (Lipinski definition) is 2. The molecule has 9 nitrogen and oxygen atoms in total. The number of carbonyl (C=O) groups excluding carboxylic acids is 1. The molecular weight excluding hydrogens is 326 g/mol. The number of anilines is 1. The van der Waals surface area contributed by atoms with E-state index in [-0.39, 0.29) is 35.9 Å². The molecule has 0 aliphatic heterocycles. The highest BCUT2D eigenvalue weighted by molar-refractivity contribution is 7.91. The van der Waals surface area contributed by atoms with Crippen molar-refractivity contribution in [3.05, 3.63) is 18.1 Å². The number of rotatable bonds is 9. The van der Waals surface area contributed by atoms with Gasteiger partial charge in [0.15, 0.2) is 0 Å². The zero-order valence-electron chi connectivity index (χ0n) is 12.9. The van der Waals surface area contributed by atoms with E-state index in [0.29, 0.717) is 0 Å². The molecule has 10 heteroatoms. The van der Waals surface area contributed by atoms with Gasteiger partial charge in [0.2, 0.25) is 0 Å². The first-order chi connectivity index (χ1) is 10.8. The van der Waals surface area contributed by atoms with E-state index in [1.54, 1.807) is 6.92 Å². The van der Waals surface area contributed by atoms with Gasteiger partial charge in [0.25, 0.3) is 0 Å². The monoisotopic (exact) mass is 345 g/mol. The first-order valence-electron chi connectivity index (χ1n) is 6.97. The lowest BCUT2D eigenvalue weighted by Gasteiger charge is -2.16. The molecule has 1 atom stereocenters. The molecule has 0 amide bonds. The Bertz CT molecular complexity index is 661. The maximum atomic E-state index is 11.8. The molecule has 1 rings (SSSR count). The Morgan fingerprint density at radius 2 is 2.09 bits per heavy atom. The first-order valence-corrected chi connectivity index (χ1v) is 8.79. The lowest BCUT2D eigenvalue weighted by atomic mass is 10.2. The van der Waals surface area contributed by atoms with Gasteiger partial charge in [-0.25, -0.2) is 28.0 Å². The smallest absolute Gasteiger partial charge is 0.343 e. The van der Waals surface area contributed by atoms with Crippen LogP contribution in [0.5, 0.6) is 0 Å². The molecule has 0 saturated heterocycles. The summed E-state index contributed by atoms with van der Waals surface area (Å²) in [5, 5.41) is 11.8. The van der Waals surface area contributed by atoms with Crippen LogP contribution in [-0.2, 0) is 19.4 Å². The molecule has 0 spiro atoms. The lowest BCUT2D eigenvalue weighted by molar-refractivity contribution is -0.137. The number of carbonyl (C=O) groups is 2. The minimum atomic E-state index is -3.30. The highest BCUT2D eigenvalue weighted by Crippen LogP contribution is 2.14. The molecule has 0 saturated carbocycles. The number of nitrogens with one attached hydrogen (secondary N) is 1. The minimum absolute atomic E-state index is 0.0141. The summed E-state index contributed by atoms with van der Waals surface area (Å²) in [5.74, 6) is -2.31. The fourth-order valence-electron chi connectivity index (χ4n) is 1.67. The van der Waals surface area contributed by atoms with Gasteiger partial charge in [0, 0.05) is 11.9 Å². The van der Waals surface area contributed by atoms with Crippen LogP contribution in [0.2, 0.25) is 0 Å². The molecular formula is C13H19N3O6S. The van der Waals surface area contributed by atoms with Crippen molar-refractivity contribution in [2.75, 3.05) is 23.4 Å². The normalized spacial score (nSPS) is 12.4. The average Bonchev–Trinajstić information content (AvgIpc) is 2.51. The molecule has 0 aliphatic rings. The molecule has 0 radical (unpaired) electrons. The fourth-order valence-corrected chi connectivity index (χ4v) is 2.55. The summed E-state index contributed by atoms with van der Waals surface area (Å²) in [4.78, 5) is 30.6. The summed E-state index contributed by atoms with van der Waals surface area (Å²) in [6, 6.07) is -1.21. The number of sulfone groups is 1. The molecule has 0 bridgehead atoms. The first kappa shape index (κ1) is 18.8. The SMILES string of the molecule is CCOC(=O)c1cncnc1NC(CCS(=O)(=O)CC)C(=O)O. The maximum Gasteiger partial charge on any atom is 0.343 e. The Balaban J connectivity index is 2.93. The van der Waals surface area contributed by atoms with Crippen molar-refractivity contribution >= 4 is 27.6 Å². The summed E-state index contributed by atoms with van der Waals surface area (Å²) in [7, 11) is -3.30. The van der Waals surface area contributed by atoms with E-state index >= 15 is 0 Å². The standard InChI is InChI=1S/C13H19N3O6S/c1-3-22-13(19)9-7-14-8-15-11(9)16-10(12(17)18)5-6-23(20,21)4-2/h7-8,10H,3-6H2,1-2H3,(H,17,18)(H,14,15,16). The largest absolute Gasteiger partial charge is 0.480 e. The van der Waals surface area contributed by atoms with E-state index in [4.69, 9.17) is 4.74 Å². The van der Waals surface area contributed by atoms with E-state index in [1.807, 2.05) is 0 Å². The molecule has 0 aliphatic carbocycles. The molecule has 1 aromatic heterocycles. The van der Waals surface area contributed by atoms with Crippen molar-refractivity contribution in [2.45, 2.75) is 26.3 Å². The van der Waals surface area contributed by atoms with Crippen LogP contribution < -0.4 is 5.32 Å². The third-order valence-corrected chi connectivity index (χ3v) is 4.71. The molecule has 0 aromatic carbocycles. The molecule has 1 aromatic rings. The summed E-state index contributed by atoms with van der Waals surface area (Å²) in [5.41, 5.74) is -0.0149. The van der Waals surface area contributed by atoms with E-state index in [1.165, 1.54) is 13.1 Å². The zero-order chi connectivity index (χ0) is 17.5. The Labute approximate surface area is 134 Å². The second-order valence-corrected chi connectivity index (χ2v) is 7.04. The fraction of sp³-hybridized carbons (Fsp3) is 0.538. The number of hydrogen-bond acceptors (Lipinski definition) is 8. The van der Waals surface area contributed by atoms with E-state index in [2.05, 4.69) is 15.3 Å². The average molecular weight is 345 g/mol. The van der Waals surface area contributed by atoms with Crippen molar-refractivity contribution < 1.29 is 27.9 Å². The zero-order valence-corrected chi connectivity index (χ0v) is 13.7. The highest BCUT2D eigenvalue weighted by Gasteiger charge is 2.23. The Hall–Kier alpha value is -2.23. The molecule has 1 unspecified atom stereocenters. The topological polar surface area (TPSA) is 136 Å². The Kier molecular flexibility index (Phi) is 6.89. The highest BCUT2D eigenvalue weighted by atomic mass is 32.2. The van der Waals surface area contributed by atoms with Crippen LogP contribution in [0.4, 0.5) is 5.82 Å². The number of aromatic nitrogens is 2. The van der Waals surface area contributed by atoms with Gasteiger partial charge in [-0.05, 0) is 13.3 Å². The van der Waals surface area contributed by atoms with Crippen LogP contribution >= 0.6 is 0 Å². The van der Waals surface area contributed by atoms with Crippen LogP contribution in [0.15, 0.2) is 12.5 Å². The number of aliphatic carboxylic acids is 1. The lowest BCUT2D eigenvalue weighted by Crippen LogP contribution is -2.33. The third-order valence-electron chi connectivity index (χ3n) is 2.97. The van der Waals surface area contributed by atoms with Crippen LogP contribution in [0.1, 0.15) is 30.6 Å². The molecule has 1 heterocycles. The van der Waals surface area contributed by atoms with Crippen molar-refractivity contribution in [1.82, 2.24) is 9.97 Å². The van der Waals surface area contributed by atoms with Gasteiger partial charge in [0.05, 0.1) is 12.4 Å². The summed E-state index contributed by atoms with van der Waals surface area (Å²) < 4.78 is 27.9. The molecule has 2 N–H and O–H groups in total. The van der Waals surface area contributed by atoms with Crippen LogP contribution in [0.25, 0.3) is 0 Å². The van der Waals surface area contributed by atoms with Crippen molar-refractivity contribution in [3.8, 4) is 0 Å². The predicted molar refractivity (Wildman–Crippen MR) is 82.0 cm³/mol. The van der Waals surface area contributed by atoms with Gasteiger partial charge >= 0.3 is 11.9 Å². The maximum absolute atomic E-state index is 11.8. The van der Waals surface area contributed by atoms with E-state index < -0.39 is 27.8 Å². The minimum Gasteiger partial charge on any atom is -0.480 e. The number of ether oxygens (including phenoxy) is 1. The Morgan fingerprint density at radius 1 is 1.39 bits per heavy atom. The molecule has 128 valence electrons. The number of esters is 1. The van der Waals surface area contributed by atoms with Crippen molar-refractivity contribution in [2.24, 2.45) is 0 Å². The van der Waals surface area contributed by atoms with E-state index in [0.717, 1.165) is 6.33 Å². The predicted octanol–water partition coefficient (Wildman–Crippen LogP) is 0.343. The number of nitrogens with zero attached hydrogens (tertiary/aromatic N) is 2. The van der Waals surface area contributed by atoms with Crippen LogP contribution in [0, 0.1) is 0 Å². The van der Waals surface area contributed by atoms with Gasteiger partial charge in [-0.2, -0.15) is 0 Å². The second-order valence-electron chi connectivity index (χ2n) is 4.57. The number of carboxylic acids is 1. The van der Waals surface area contributed by atoms with Gasteiger partial charge in [-0.15, -0.1) is 0 Å². The number of carboxylic acid groups (broad SMARTS) is 1. The van der Waals surface area contributed by atoms with Crippen LogP contribution in [0.3, 0.4) is 0 Å². The van der Waals surface area contributed by atoms with E-state index in [9.17, 15) is 23.1 Å². The van der Waals surface area contributed by atoms with Gasteiger partial charge < -0.3 is 15.2 Å². The van der Waals surface area contributed by atoms with Crippen molar-refractivity contribution in [3.63, 3.8) is 0 Å². The van der Waals surface area contributed by atoms with Gasteiger partial charge in [0.1, 0.15) is 33.6 Å². The van der Waals surface area contributed by atoms with Crippen molar-refractivity contribution in [1.29, 1.82) is 0 Å². The second kappa shape index (κ2) is 8.42. The third kappa shape index (κ3) is 5.81. The molecule has 0 fully saturated rings. The van der Waals surface area contributed by atoms with Gasteiger partial charge in [-0.3, -0.25) is 0 Å². The van der Waals surface area contributed by atoms with Crippen LogP contribution in [-0.4, -0.2) is 59.6 Å². The quantitative estimate of drug-likeness (QED) is 0.607. The summed E-state index contributed by atoms with van der Waals surface area (Å²) in [6.07, 6.45) is 2.19. The summed E-state index contributed by atoms with van der Waals surface area (Å²) >= 11 is 0. The Morgan fingerprint density at radius 3 is 2.65 bits per heavy atom. The van der Waals surface area contributed by atoms with Gasteiger partial charge in [-0.1, -0.05) is 6.92 Å². The molecule has 23 heavy (non-hydrogen) atoms. The summed E-state index contributed by atoms with van der Waals surface area (Å²) in [6.45, 7) is 3.26.